The summed E-state index contributed by atoms with van der Waals surface area (Å²) in [5, 5.41) is 3.46. The van der Waals surface area contributed by atoms with Gasteiger partial charge in [0.15, 0.2) is 0 Å². The molecule has 2 fully saturated rings. The molecular weight excluding hydrogens is 393 g/mol. The second-order valence-corrected chi connectivity index (χ2v) is 8.00. The van der Waals surface area contributed by atoms with E-state index in [-0.39, 0.29) is 36.0 Å². The lowest BCUT2D eigenvalue weighted by Gasteiger charge is -2.36. The Hall–Kier alpha value is -2.60. The molecule has 0 radical (unpaired) electrons. The first-order valence-corrected chi connectivity index (χ1v) is 10.2. The molecule has 1 N–H and O–H groups in total. The van der Waals surface area contributed by atoms with Gasteiger partial charge in [-0.1, -0.05) is 29.8 Å². The molecule has 2 aromatic carbocycles. The van der Waals surface area contributed by atoms with Crippen LogP contribution in [0.2, 0.25) is 5.02 Å². The van der Waals surface area contributed by atoms with Crippen molar-refractivity contribution in [1.82, 2.24) is 10.2 Å². The number of hydrogen-bond acceptors (Lipinski definition) is 3. The van der Waals surface area contributed by atoms with Gasteiger partial charge in [0.05, 0.1) is 6.54 Å². The van der Waals surface area contributed by atoms with E-state index in [1.165, 1.54) is 12.1 Å². The quantitative estimate of drug-likeness (QED) is 0.816. The van der Waals surface area contributed by atoms with Crippen molar-refractivity contribution in [3.8, 4) is 0 Å². The van der Waals surface area contributed by atoms with Crippen LogP contribution in [0.5, 0.6) is 0 Å². The topological polar surface area (TPSA) is 52.7 Å². The van der Waals surface area contributed by atoms with E-state index >= 15 is 0 Å². The van der Waals surface area contributed by atoms with E-state index in [2.05, 4.69) is 10.2 Å². The predicted molar refractivity (Wildman–Crippen MR) is 111 cm³/mol. The summed E-state index contributed by atoms with van der Waals surface area (Å²) in [6.07, 6.45) is 0.740. The molecule has 1 aliphatic carbocycles. The van der Waals surface area contributed by atoms with Gasteiger partial charge in [0.25, 0.3) is 0 Å². The van der Waals surface area contributed by atoms with Crippen LogP contribution < -0.4 is 10.2 Å². The molecule has 1 saturated heterocycles. The fraction of sp³-hybridized carbons (Fsp3) is 0.364. The van der Waals surface area contributed by atoms with Crippen molar-refractivity contribution < 1.29 is 14.0 Å². The minimum Gasteiger partial charge on any atom is -0.368 e. The van der Waals surface area contributed by atoms with Gasteiger partial charge in [-0.3, -0.25) is 9.59 Å². The molecule has 0 bridgehead atoms. The Balaban J connectivity index is 1.21. The highest BCUT2D eigenvalue weighted by atomic mass is 35.5. The minimum atomic E-state index is -0.281. The lowest BCUT2D eigenvalue weighted by atomic mass is 10.1. The Morgan fingerprint density at radius 3 is 2.48 bits per heavy atom. The molecule has 2 aromatic rings. The van der Waals surface area contributed by atoms with Crippen LogP contribution in [0, 0.1) is 11.7 Å². The number of carbonyl (C=O) groups excluding carboxylic acids is 2. The summed E-state index contributed by atoms with van der Waals surface area (Å²) in [6, 6.07) is 14.0. The Morgan fingerprint density at radius 1 is 1.07 bits per heavy atom. The van der Waals surface area contributed by atoms with E-state index in [0.717, 1.165) is 30.8 Å². The third kappa shape index (κ3) is 4.70. The monoisotopic (exact) mass is 415 g/mol. The summed E-state index contributed by atoms with van der Waals surface area (Å²) in [5.41, 5.74) is 2.02. The molecular formula is C22H23ClFN3O2. The van der Waals surface area contributed by atoms with Crippen LogP contribution in [0.3, 0.4) is 0 Å². The van der Waals surface area contributed by atoms with Crippen molar-refractivity contribution in [3.05, 3.63) is 64.9 Å². The van der Waals surface area contributed by atoms with Crippen LogP contribution in [0.25, 0.3) is 0 Å². The van der Waals surface area contributed by atoms with E-state index in [0.29, 0.717) is 18.1 Å². The van der Waals surface area contributed by atoms with Gasteiger partial charge in [0, 0.05) is 42.8 Å². The summed E-state index contributed by atoms with van der Waals surface area (Å²) in [7, 11) is 0. The van der Waals surface area contributed by atoms with Crippen LogP contribution in [0.1, 0.15) is 17.9 Å². The van der Waals surface area contributed by atoms with Crippen LogP contribution in [0.15, 0.2) is 48.5 Å². The van der Waals surface area contributed by atoms with E-state index in [9.17, 15) is 14.0 Å². The number of benzene rings is 2. The Labute approximate surface area is 174 Å². The number of carbonyl (C=O) groups is 2. The molecule has 29 heavy (non-hydrogen) atoms. The first-order chi connectivity index (χ1) is 14.0. The maximum absolute atomic E-state index is 13.0. The van der Waals surface area contributed by atoms with Gasteiger partial charge in [-0.2, -0.15) is 0 Å². The molecule has 0 spiro atoms. The first-order valence-electron chi connectivity index (χ1n) is 9.83. The number of rotatable bonds is 5. The Morgan fingerprint density at radius 2 is 1.79 bits per heavy atom. The predicted octanol–water partition coefficient (Wildman–Crippen LogP) is 3.05. The highest BCUT2D eigenvalue weighted by molar-refractivity contribution is 6.30. The molecule has 1 heterocycles. The number of hydrogen-bond donors (Lipinski definition) is 1. The summed E-state index contributed by atoms with van der Waals surface area (Å²) >= 11 is 6.05. The molecule has 4 rings (SSSR count). The highest BCUT2D eigenvalue weighted by Crippen LogP contribution is 2.47. The third-order valence-corrected chi connectivity index (χ3v) is 5.88. The van der Waals surface area contributed by atoms with E-state index in [1.54, 1.807) is 17.0 Å². The molecule has 2 atom stereocenters. The molecule has 0 aromatic heterocycles. The van der Waals surface area contributed by atoms with E-state index < -0.39 is 0 Å². The Kier molecular flexibility index (Phi) is 5.72. The number of nitrogens with zero attached hydrogens (tertiary/aromatic N) is 2. The Bertz CT molecular complexity index is 897. The number of piperazine rings is 1. The van der Waals surface area contributed by atoms with Crippen molar-refractivity contribution in [1.29, 1.82) is 0 Å². The zero-order valence-electron chi connectivity index (χ0n) is 16.0. The minimum absolute atomic E-state index is 0.0165. The van der Waals surface area contributed by atoms with Gasteiger partial charge < -0.3 is 15.1 Å². The summed E-state index contributed by atoms with van der Waals surface area (Å²) in [4.78, 5) is 28.8. The number of amides is 2. The fourth-order valence-corrected chi connectivity index (χ4v) is 4.04. The van der Waals surface area contributed by atoms with Crippen LogP contribution in [-0.2, 0) is 9.59 Å². The number of nitrogens with one attached hydrogen (secondary N) is 1. The van der Waals surface area contributed by atoms with Crippen molar-refractivity contribution in [2.75, 3.05) is 37.6 Å². The molecule has 1 saturated carbocycles. The van der Waals surface area contributed by atoms with Crippen molar-refractivity contribution in [2.24, 2.45) is 5.92 Å². The van der Waals surface area contributed by atoms with Crippen LogP contribution in [0.4, 0.5) is 10.1 Å². The standard InChI is InChI=1S/C22H23ClFN3O2/c23-16-2-1-3-18(12-16)26-8-10-27(11-9-26)21(28)14-25-22(29)20-13-19(20)15-4-6-17(24)7-5-15/h1-7,12,19-20H,8-11,13-14H2,(H,25,29). The molecule has 2 amide bonds. The van der Waals surface area contributed by atoms with Gasteiger partial charge in [0.1, 0.15) is 5.82 Å². The lowest BCUT2D eigenvalue weighted by Crippen LogP contribution is -2.51. The fourth-order valence-electron chi connectivity index (χ4n) is 3.86. The molecule has 5 nitrogen and oxygen atoms in total. The second kappa shape index (κ2) is 8.41. The lowest BCUT2D eigenvalue weighted by molar-refractivity contribution is -0.133. The summed E-state index contributed by atoms with van der Waals surface area (Å²) < 4.78 is 13.0. The van der Waals surface area contributed by atoms with Gasteiger partial charge in [-0.25, -0.2) is 4.39 Å². The van der Waals surface area contributed by atoms with Gasteiger partial charge in [0.2, 0.25) is 11.8 Å². The molecule has 2 aliphatic rings. The van der Waals surface area contributed by atoms with Gasteiger partial charge in [-0.05, 0) is 48.2 Å². The molecule has 2 unspecified atom stereocenters. The largest absolute Gasteiger partial charge is 0.368 e. The van der Waals surface area contributed by atoms with Crippen molar-refractivity contribution >= 4 is 29.1 Å². The van der Waals surface area contributed by atoms with Crippen molar-refractivity contribution in [3.63, 3.8) is 0 Å². The van der Waals surface area contributed by atoms with E-state index in [4.69, 9.17) is 11.6 Å². The first kappa shape index (κ1) is 19.7. The van der Waals surface area contributed by atoms with E-state index in [1.807, 2.05) is 24.3 Å². The smallest absolute Gasteiger partial charge is 0.242 e. The zero-order chi connectivity index (χ0) is 20.4. The van der Waals surface area contributed by atoms with Gasteiger partial charge >= 0.3 is 0 Å². The average Bonchev–Trinajstić information content (AvgIpc) is 3.53. The van der Waals surface area contributed by atoms with Crippen molar-refractivity contribution in [2.45, 2.75) is 12.3 Å². The summed E-state index contributed by atoms with van der Waals surface area (Å²) in [6.45, 7) is 2.71. The zero-order valence-corrected chi connectivity index (χ0v) is 16.7. The number of halogens is 2. The summed E-state index contributed by atoms with van der Waals surface area (Å²) in [5.74, 6) is -0.468. The molecule has 1 aliphatic heterocycles. The van der Waals surface area contributed by atoms with Crippen LogP contribution >= 0.6 is 11.6 Å². The SMILES string of the molecule is O=C(NCC(=O)N1CCN(c2cccc(Cl)c2)CC1)C1CC1c1ccc(F)cc1. The highest BCUT2D eigenvalue weighted by Gasteiger charge is 2.43. The molecule has 7 heteroatoms. The third-order valence-electron chi connectivity index (χ3n) is 5.64. The average molecular weight is 416 g/mol. The van der Waals surface area contributed by atoms with Crippen LogP contribution in [-0.4, -0.2) is 49.4 Å². The maximum Gasteiger partial charge on any atom is 0.242 e. The molecule has 152 valence electrons. The maximum atomic E-state index is 13.0. The second-order valence-electron chi connectivity index (χ2n) is 7.57. The normalized spacial score (nSPS) is 21.0. The van der Waals surface area contributed by atoms with Gasteiger partial charge in [-0.15, -0.1) is 0 Å². The number of anilines is 1.